The van der Waals surface area contributed by atoms with Crippen LogP contribution in [-0.4, -0.2) is 15.1 Å². The molecule has 0 bridgehead atoms. The first-order valence-electron chi connectivity index (χ1n) is 5.22. The molecule has 0 aliphatic rings. The fourth-order valence-corrected chi connectivity index (χ4v) is 1.37. The van der Waals surface area contributed by atoms with Crippen molar-refractivity contribution in [1.82, 2.24) is 15.1 Å². The minimum atomic E-state index is -0.196. The molecule has 0 fully saturated rings. The third-order valence-corrected chi connectivity index (χ3v) is 2.48. The molecule has 0 aliphatic heterocycles. The van der Waals surface area contributed by atoms with Crippen LogP contribution in [-0.2, 0) is 0 Å². The van der Waals surface area contributed by atoms with Crippen molar-refractivity contribution in [3.63, 3.8) is 0 Å². The molecule has 0 unspecified atom stereocenters. The number of nitrogens with two attached hydrogens (primary N) is 1. The molecule has 2 aromatic heterocycles. The molecule has 2 N–H and O–H groups in total. The molecule has 0 amide bonds. The van der Waals surface area contributed by atoms with E-state index in [0.717, 1.165) is 17.5 Å². The SMILES string of the molecule is CC[C@@H](N)c1nc(-c2cnccc2C)no1. The van der Waals surface area contributed by atoms with E-state index in [0.29, 0.717) is 11.7 Å². The number of rotatable bonds is 3. The molecule has 0 saturated heterocycles. The standard InChI is InChI=1S/C11H14N4O/c1-3-9(12)11-14-10(15-16-11)8-6-13-5-4-7(8)2/h4-6,9H,3,12H2,1-2H3/t9-/m1/s1. The van der Waals surface area contributed by atoms with Crippen LogP contribution in [0.4, 0.5) is 0 Å². The quantitative estimate of drug-likeness (QED) is 0.850. The van der Waals surface area contributed by atoms with E-state index in [1.54, 1.807) is 12.4 Å². The Morgan fingerprint density at radius 2 is 2.31 bits per heavy atom. The summed E-state index contributed by atoms with van der Waals surface area (Å²) in [6, 6.07) is 1.71. The molecule has 2 heterocycles. The Hall–Kier alpha value is -1.75. The Morgan fingerprint density at radius 1 is 1.50 bits per heavy atom. The normalized spacial score (nSPS) is 12.7. The highest BCUT2D eigenvalue weighted by Gasteiger charge is 2.14. The lowest BCUT2D eigenvalue weighted by Gasteiger charge is -2.00. The maximum absolute atomic E-state index is 5.81. The lowest BCUT2D eigenvalue weighted by molar-refractivity contribution is 0.352. The molecular formula is C11H14N4O. The van der Waals surface area contributed by atoms with Crippen molar-refractivity contribution < 1.29 is 4.52 Å². The van der Waals surface area contributed by atoms with E-state index in [9.17, 15) is 0 Å². The van der Waals surface area contributed by atoms with Crippen LogP contribution in [0.5, 0.6) is 0 Å². The van der Waals surface area contributed by atoms with Crippen LogP contribution in [0.25, 0.3) is 11.4 Å². The van der Waals surface area contributed by atoms with Crippen molar-refractivity contribution in [3.05, 3.63) is 29.9 Å². The second kappa shape index (κ2) is 4.40. The van der Waals surface area contributed by atoms with Gasteiger partial charge < -0.3 is 10.3 Å². The highest BCUT2D eigenvalue weighted by Crippen LogP contribution is 2.20. The van der Waals surface area contributed by atoms with Gasteiger partial charge in [-0.15, -0.1) is 0 Å². The lowest BCUT2D eigenvalue weighted by Crippen LogP contribution is -2.08. The molecule has 0 aliphatic carbocycles. The average Bonchev–Trinajstić information content (AvgIpc) is 2.78. The number of hydrogen-bond donors (Lipinski definition) is 1. The maximum Gasteiger partial charge on any atom is 0.243 e. The summed E-state index contributed by atoms with van der Waals surface area (Å²) in [4.78, 5) is 8.31. The predicted octanol–water partition coefficient (Wildman–Crippen LogP) is 1.85. The van der Waals surface area contributed by atoms with Gasteiger partial charge in [0.2, 0.25) is 11.7 Å². The molecule has 5 nitrogen and oxygen atoms in total. The van der Waals surface area contributed by atoms with E-state index >= 15 is 0 Å². The summed E-state index contributed by atoms with van der Waals surface area (Å²) in [5.41, 5.74) is 7.75. The molecule has 2 aromatic rings. The maximum atomic E-state index is 5.81. The summed E-state index contributed by atoms with van der Waals surface area (Å²) < 4.78 is 5.11. The highest BCUT2D eigenvalue weighted by atomic mass is 16.5. The third kappa shape index (κ3) is 1.94. The van der Waals surface area contributed by atoms with Gasteiger partial charge in [-0.1, -0.05) is 12.1 Å². The minimum absolute atomic E-state index is 0.196. The summed E-state index contributed by atoms with van der Waals surface area (Å²) in [6.07, 6.45) is 4.23. The second-order valence-corrected chi connectivity index (χ2v) is 3.66. The van der Waals surface area contributed by atoms with Crippen molar-refractivity contribution in [1.29, 1.82) is 0 Å². The zero-order chi connectivity index (χ0) is 11.5. The van der Waals surface area contributed by atoms with Crippen LogP contribution in [0.2, 0.25) is 0 Å². The van der Waals surface area contributed by atoms with E-state index in [1.807, 2.05) is 19.9 Å². The van der Waals surface area contributed by atoms with Gasteiger partial charge in [0.25, 0.3) is 0 Å². The summed E-state index contributed by atoms with van der Waals surface area (Å²) in [7, 11) is 0. The van der Waals surface area contributed by atoms with Crippen molar-refractivity contribution in [2.45, 2.75) is 26.3 Å². The van der Waals surface area contributed by atoms with E-state index in [1.165, 1.54) is 0 Å². The lowest BCUT2D eigenvalue weighted by atomic mass is 10.1. The molecule has 16 heavy (non-hydrogen) atoms. The molecule has 2 rings (SSSR count). The van der Waals surface area contributed by atoms with E-state index in [4.69, 9.17) is 10.3 Å². The Bertz CT molecular complexity index is 480. The first kappa shape index (κ1) is 10.8. The molecular weight excluding hydrogens is 204 g/mol. The Kier molecular flexibility index (Phi) is 2.96. The summed E-state index contributed by atoms with van der Waals surface area (Å²) in [6.45, 7) is 3.96. The zero-order valence-electron chi connectivity index (χ0n) is 9.34. The molecule has 1 atom stereocenters. The Labute approximate surface area is 93.7 Å². The number of pyridine rings is 1. The van der Waals surface area contributed by atoms with Gasteiger partial charge in [0, 0.05) is 18.0 Å². The van der Waals surface area contributed by atoms with Crippen molar-refractivity contribution in [2.75, 3.05) is 0 Å². The van der Waals surface area contributed by atoms with Gasteiger partial charge in [-0.05, 0) is 25.0 Å². The number of nitrogens with zero attached hydrogens (tertiary/aromatic N) is 3. The van der Waals surface area contributed by atoms with Crippen LogP contribution >= 0.6 is 0 Å². The topological polar surface area (TPSA) is 77.8 Å². The summed E-state index contributed by atoms with van der Waals surface area (Å²) in [5.74, 6) is 1.02. The van der Waals surface area contributed by atoms with E-state index in [-0.39, 0.29) is 6.04 Å². The van der Waals surface area contributed by atoms with Crippen LogP contribution in [0.15, 0.2) is 23.0 Å². The van der Waals surface area contributed by atoms with Crippen molar-refractivity contribution in [3.8, 4) is 11.4 Å². The first-order valence-corrected chi connectivity index (χ1v) is 5.22. The summed E-state index contributed by atoms with van der Waals surface area (Å²) in [5, 5.41) is 3.91. The van der Waals surface area contributed by atoms with Crippen LogP contribution in [0.1, 0.15) is 30.8 Å². The molecule has 5 heteroatoms. The molecule has 0 saturated carbocycles. The number of aryl methyl sites for hydroxylation is 1. The van der Waals surface area contributed by atoms with Gasteiger partial charge in [-0.25, -0.2) is 0 Å². The minimum Gasteiger partial charge on any atom is -0.337 e. The van der Waals surface area contributed by atoms with E-state index in [2.05, 4.69) is 15.1 Å². The number of hydrogen-bond acceptors (Lipinski definition) is 5. The monoisotopic (exact) mass is 218 g/mol. The van der Waals surface area contributed by atoms with Crippen LogP contribution in [0.3, 0.4) is 0 Å². The molecule has 0 spiro atoms. The predicted molar refractivity (Wildman–Crippen MR) is 59.5 cm³/mol. The van der Waals surface area contributed by atoms with Gasteiger partial charge in [0.1, 0.15) is 0 Å². The van der Waals surface area contributed by atoms with Crippen LogP contribution in [0, 0.1) is 6.92 Å². The van der Waals surface area contributed by atoms with Gasteiger partial charge in [0.05, 0.1) is 6.04 Å². The first-order chi connectivity index (χ1) is 7.72. The van der Waals surface area contributed by atoms with Gasteiger partial charge >= 0.3 is 0 Å². The Balaban J connectivity index is 2.35. The van der Waals surface area contributed by atoms with Gasteiger partial charge in [0.15, 0.2) is 0 Å². The second-order valence-electron chi connectivity index (χ2n) is 3.66. The summed E-state index contributed by atoms with van der Waals surface area (Å²) >= 11 is 0. The fraction of sp³-hybridized carbons (Fsp3) is 0.364. The van der Waals surface area contributed by atoms with E-state index < -0.39 is 0 Å². The molecule has 0 radical (unpaired) electrons. The fourth-order valence-electron chi connectivity index (χ4n) is 1.37. The zero-order valence-corrected chi connectivity index (χ0v) is 9.34. The third-order valence-electron chi connectivity index (χ3n) is 2.48. The van der Waals surface area contributed by atoms with Gasteiger partial charge in [-0.3, -0.25) is 4.98 Å². The Morgan fingerprint density at radius 3 is 3.00 bits per heavy atom. The molecule has 0 aromatic carbocycles. The van der Waals surface area contributed by atoms with Crippen molar-refractivity contribution >= 4 is 0 Å². The van der Waals surface area contributed by atoms with Gasteiger partial charge in [-0.2, -0.15) is 4.98 Å². The highest BCUT2D eigenvalue weighted by molar-refractivity contribution is 5.57. The smallest absolute Gasteiger partial charge is 0.243 e. The number of aromatic nitrogens is 3. The van der Waals surface area contributed by atoms with Crippen LogP contribution < -0.4 is 5.73 Å². The average molecular weight is 218 g/mol. The van der Waals surface area contributed by atoms with Crippen molar-refractivity contribution in [2.24, 2.45) is 5.73 Å². The largest absolute Gasteiger partial charge is 0.337 e. The molecule has 84 valence electrons.